The minimum atomic E-state index is -0.913. The van der Waals surface area contributed by atoms with Crippen LogP contribution in [0.1, 0.15) is 175 Å². The molecule has 0 atom stereocenters. The van der Waals surface area contributed by atoms with Crippen molar-refractivity contribution in [1.82, 2.24) is 0 Å². The molecule has 0 amide bonds. The van der Waals surface area contributed by atoms with Gasteiger partial charge in [0.2, 0.25) is 0 Å². The molecule has 0 aromatic carbocycles. The summed E-state index contributed by atoms with van der Waals surface area (Å²) in [6, 6.07) is 0. The summed E-state index contributed by atoms with van der Waals surface area (Å²) in [6.07, 6.45) is 25.0. The summed E-state index contributed by atoms with van der Waals surface area (Å²) >= 11 is 0. The third kappa shape index (κ3) is 56.4. The van der Waals surface area contributed by atoms with Crippen molar-refractivity contribution in [3.8, 4) is 0 Å². The second-order valence-electron chi connectivity index (χ2n) is 9.73. The van der Waals surface area contributed by atoms with Crippen molar-refractivity contribution in [3.05, 3.63) is 0 Å². The van der Waals surface area contributed by atoms with Crippen molar-refractivity contribution in [1.29, 1.82) is 0 Å². The van der Waals surface area contributed by atoms with Crippen LogP contribution in [0.2, 0.25) is 0 Å². The Morgan fingerprint density at radius 3 is 0.676 bits per heavy atom. The number of carboxylic acid groups (broad SMARTS) is 3. The summed E-state index contributed by atoms with van der Waals surface area (Å²) in [4.78, 5) is 30.1. The number of carbonyl (C=O) groups is 3. The third-order valence-electron chi connectivity index (χ3n) is 5.95. The maximum absolute atomic E-state index is 10.0. The first-order chi connectivity index (χ1) is 17.3. The Kier molecular flexibility index (Phi) is 46.0. The topological polar surface area (TPSA) is 120 Å². The van der Waals surface area contributed by atoms with Gasteiger partial charge >= 0.3 is 18.6 Å². The first-order valence-corrected chi connectivity index (χ1v) is 14.9. The van der Waals surface area contributed by atoms with Gasteiger partial charge in [0, 0.05) is 17.9 Å². The molecule has 218 valence electrons. The van der Waals surface area contributed by atoms with Crippen molar-refractivity contribution in [2.75, 3.05) is 0 Å². The molecule has 0 saturated heterocycles. The van der Waals surface area contributed by atoms with Gasteiger partial charge in [0.05, 0.1) is 0 Å². The van der Waals surface area contributed by atoms with Crippen LogP contribution in [-0.4, -0.2) is 17.9 Å². The van der Waals surface area contributed by atoms with E-state index in [4.69, 9.17) is 0 Å². The molecule has 6 nitrogen and oxygen atoms in total. The molecule has 0 aliphatic rings. The normalized spacial score (nSPS) is 9.81. The van der Waals surface area contributed by atoms with Gasteiger partial charge in [-0.15, -0.1) is 0 Å². The first kappa shape index (κ1) is 43.1. The van der Waals surface area contributed by atoms with Gasteiger partial charge in [-0.25, -0.2) is 0 Å². The van der Waals surface area contributed by atoms with Crippen LogP contribution in [0.4, 0.5) is 0 Å². The molecule has 7 heteroatoms. The largest absolute Gasteiger partial charge is 3.00 e. The van der Waals surface area contributed by atoms with Gasteiger partial charge in [0.15, 0.2) is 0 Å². The van der Waals surface area contributed by atoms with Crippen LogP contribution >= 0.6 is 0 Å². The summed E-state index contributed by atoms with van der Waals surface area (Å²) in [7, 11) is 0. The predicted molar refractivity (Wildman–Crippen MR) is 143 cm³/mol. The average molecular weight is 565 g/mol. The molecule has 0 unspecified atom stereocenters. The predicted octanol–water partition coefficient (Wildman–Crippen LogP) is 5.63. The van der Waals surface area contributed by atoms with E-state index in [1.165, 1.54) is 96.3 Å². The smallest absolute Gasteiger partial charge is 0.550 e. The van der Waals surface area contributed by atoms with Crippen molar-refractivity contribution >= 4 is 17.9 Å². The van der Waals surface area contributed by atoms with Crippen LogP contribution in [0.5, 0.6) is 0 Å². The second-order valence-corrected chi connectivity index (χ2v) is 9.73. The van der Waals surface area contributed by atoms with Crippen LogP contribution in [0.3, 0.4) is 0 Å². The number of rotatable bonds is 24. The van der Waals surface area contributed by atoms with Crippen molar-refractivity contribution in [3.63, 3.8) is 0 Å². The van der Waals surface area contributed by atoms with Crippen LogP contribution in [0.15, 0.2) is 0 Å². The average Bonchev–Trinajstić information content (AvgIpc) is 2.83. The summed E-state index contributed by atoms with van der Waals surface area (Å²) in [6.45, 7) is 6.57. The molecule has 0 aliphatic heterocycles. The van der Waals surface area contributed by atoms with E-state index in [1.54, 1.807) is 0 Å². The molecule has 0 N–H and O–H groups in total. The zero-order valence-corrected chi connectivity index (χ0v) is 25.8. The molecule has 0 aromatic heterocycles. The zero-order chi connectivity index (χ0) is 27.7. The van der Waals surface area contributed by atoms with Crippen molar-refractivity contribution in [2.45, 2.75) is 175 Å². The number of hydrogen-bond donors (Lipinski definition) is 0. The van der Waals surface area contributed by atoms with E-state index < -0.39 is 17.9 Å². The van der Waals surface area contributed by atoms with Gasteiger partial charge < -0.3 is 29.7 Å². The Balaban J connectivity index is -0.000000218. The molecule has 0 aromatic rings. The van der Waals surface area contributed by atoms with Gasteiger partial charge in [-0.2, -0.15) is 0 Å². The quantitative estimate of drug-likeness (QED) is 0.140. The molecule has 0 fully saturated rings. The van der Waals surface area contributed by atoms with Crippen LogP contribution in [0, 0.1) is 0 Å². The molecular weight excluding hydrogens is 507 g/mol. The number of carbonyl (C=O) groups excluding carboxylic acids is 3. The van der Waals surface area contributed by atoms with Gasteiger partial charge in [0.25, 0.3) is 0 Å². The summed E-state index contributed by atoms with van der Waals surface area (Å²) in [5.41, 5.74) is 0. The second kappa shape index (κ2) is 39.5. The fourth-order valence-electron chi connectivity index (χ4n) is 3.68. The minimum Gasteiger partial charge on any atom is -0.550 e. The molecule has 0 aliphatic carbocycles. The van der Waals surface area contributed by atoms with E-state index in [-0.39, 0.29) is 37.8 Å². The van der Waals surface area contributed by atoms with Gasteiger partial charge in [0.1, 0.15) is 0 Å². The molecule has 0 saturated carbocycles. The Morgan fingerprint density at radius 2 is 0.514 bits per heavy atom. The Labute approximate surface area is 240 Å². The Hall–Kier alpha value is -1.01. The number of aliphatic carboxylic acids is 3. The fraction of sp³-hybridized carbons (Fsp3) is 0.900. The molecule has 0 rings (SSSR count). The maximum atomic E-state index is 10.0. The van der Waals surface area contributed by atoms with E-state index in [0.29, 0.717) is 0 Å². The van der Waals surface area contributed by atoms with E-state index in [0.717, 1.165) is 38.5 Å². The maximum Gasteiger partial charge on any atom is 3.00 e. The fourth-order valence-corrected chi connectivity index (χ4v) is 3.68. The van der Waals surface area contributed by atoms with Crippen LogP contribution in [0.25, 0.3) is 0 Å². The summed E-state index contributed by atoms with van der Waals surface area (Å²) in [5.74, 6) is -2.74. The van der Waals surface area contributed by atoms with E-state index in [2.05, 4.69) is 20.8 Å². The monoisotopic (exact) mass is 564 g/mol. The molecule has 0 bridgehead atoms. The van der Waals surface area contributed by atoms with Crippen LogP contribution < -0.4 is 15.3 Å². The number of unbranched alkanes of at least 4 members (excludes halogenated alkanes) is 18. The standard InChI is InChI=1S/3C10H20O2.V/c3*1-2-3-4-5-6-7-8-9-10(11)12;/h3*2-9H2,1H3,(H,11,12);/q;;;+3/p-3. The number of carboxylic acids is 3. The van der Waals surface area contributed by atoms with Gasteiger partial charge in [-0.05, 0) is 38.5 Å². The molecule has 0 radical (unpaired) electrons. The number of hydrogen-bond acceptors (Lipinski definition) is 6. The Bertz CT molecular complexity index is 404. The van der Waals surface area contributed by atoms with E-state index in [1.807, 2.05) is 0 Å². The third-order valence-corrected chi connectivity index (χ3v) is 5.95. The van der Waals surface area contributed by atoms with Crippen molar-refractivity contribution in [2.24, 2.45) is 0 Å². The van der Waals surface area contributed by atoms with Crippen LogP contribution in [-0.2, 0) is 32.9 Å². The van der Waals surface area contributed by atoms with E-state index in [9.17, 15) is 29.7 Å². The molecular formula is C30H57O6V. The van der Waals surface area contributed by atoms with Gasteiger partial charge in [-0.1, -0.05) is 136 Å². The molecule has 37 heavy (non-hydrogen) atoms. The van der Waals surface area contributed by atoms with E-state index >= 15 is 0 Å². The minimum absolute atomic E-state index is 0. The first-order valence-electron chi connectivity index (χ1n) is 14.9. The Morgan fingerprint density at radius 1 is 0.351 bits per heavy atom. The van der Waals surface area contributed by atoms with Gasteiger partial charge in [-0.3, -0.25) is 0 Å². The van der Waals surface area contributed by atoms with Crippen molar-refractivity contribution < 1.29 is 48.3 Å². The SMILES string of the molecule is CCCCCCCCCC(=O)[O-].CCCCCCCCCC(=O)[O-].CCCCCCCCCC(=O)[O-].[V+3]. The summed E-state index contributed by atoms with van der Waals surface area (Å²) in [5, 5.41) is 30.1. The molecule has 0 spiro atoms. The summed E-state index contributed by atoms with van der Waals surface area (Å²) < 4.78 is 0. The molecule has 0 heterocycles. The zero-order valence-electron chi connectivity index (χ0n) is 24.4.